The van der Waals surface area contributed by atoms with E-state index in [1.54, 1.807) is 0 Å². The molecule has 2 aliphatic rings. The van der Waals surface area contributed by atoms with Crippen molar-refractivity contribution in [2.24, 2.45) is 5.92 Å². The van der Waals surface area contributed by atoms with Crippen molar-refractivity contribution in [1.29, 1.82) is 0 Å². The summed E-state index contributed by atoms with van der Waals surface area (Å²) < 4.78 is 0. The first-order chi connectivity index (χ1) is 12.5. The highest BCUT2D eigenvalue weighted by Gasteiger charge is 2.33. The summed E-state index contributed by atoms with van der Waals surface area (Å²) in [6, 6.07) is 5.10. The minimum atomic E-state index is 0.185. The van der Waals surface area contributed by atoms with E-state index in [1.165, 1.54) is 18.4 Å². The van der Waals surface area contributed by atoms with Gasteiger partial charge in [0.05, 0.1) is 5.92 Å². The second kappa shape index (κ2) is 8.96. The van der Waals surface area contributed by atoms with E-state index >= 15 is 0 Å². The summed E-state index contributed by atoms with van der Waals surface area (Å²) in [5, 5.41) is 0. The predicted octanol–water partition coefficient (Wildman–Crippen LogP) is 2.62. The van der Waals surface area contributed by atoms with E-state index in [4.69, 9.17) is 0 Å². The van der Waals surface area contributed by atoms with Crippen molar-refractivity contribution in [2.75, 3.05) is 33.2 Å². The Bertz CT molecular complexity index is 569. The second-order valence-electron chi connectivity index (χ2n) is 8.25. The highest BCUT2D eigenvalue weighted by molar-refractivity contribution is 5.79. The van der Waals surface area contributed by atoms with Crippen LogP contribution in [0.15, 0.2) is 24.5 Å². The molecule has 5 nitrogen and oxygen atoms in total. The van der Waals surface area contributed by atoms with Crippen LogP contribution in [0.5, 0.6) is 0 Å². The third-order valence-corrected chi connectivity index (χ3v) is 6.13. The lowest BCUT2D eigenvalue weighted by Gasteiger charge is -2.42. The molecule has 1 aromatic heterocycles. The first-order valence-corrected chi connectivity index (χ1v) is 10.2. The van der Waals surface area contributed by atoms with Crippen LogP contribution in [0, 0.1) is 5.92 Å². The minimum Gasteiger partial charge on any atom is -0.343 e. The number of aromatic nitrogens is 1. The third kappa shape index (κ3) is 4.83. The Morgan fingerprint density at radius 2 is 2.04 bits per heavy atom. The minimum absolute atomic E-state index is 0.185. The predicted molar refractivity (Wildman–Crippen MR) is 105 cm³/mol. The SMILES string of the molecule is CC(C)N(C)C(=O)[C@@H]1CCCN(C2CCN(Cc3cccnc3)CC2)C1. The molecule has 1 amide bonds. The van der Waals surface area contributed by atoms with Crippen LogP contribution >= 0.6 is 0 Å². The summed E-state index contributed by atoms with van der Waals surface area (Å²) in [7, 11) is 1.95. The van der Waals surface area contributed by atoms with Crippen LogP contribution in [-0.2, 0) is 11.3 Å². The standard InChI is InChI=1S/C21H34N4O/c1-17(2)23(3)21(26)19-7-5-11-25(16-19)20-8-12-24(13-9-20)15-18-6-4-10-22-14-18/h4,6,10,14,17,19-20H,5,7-9,11-13,15-16H2,1-3H3/t19-/m1/s1. The number of hydrogen-bond donors (Lipinski definition) is 0. The van der Waals surface area contributed by atoms with Crippen molar-refractivity contribution in [2.45, 2.75) is 58.2 Å². The zero-order chi connectivity index (χ0) is 18.5. The number of hydrogen-bond acceptors (Lipinski definition) is 4. The van der Waals surface area contributed by atoms with Gasteiger partial charge >= 0.3 is 0 Å². The van der Waals surface area contributed by atoms with Gasteiger partial charge in [-0.25, -0.2) is 0 Å². The van der Waals surface area contributed by atoms with Crippen LogP contribution in [0.1, 0.15) is 45.1 Å². The van der Waals surface area contributed by atoms with Gasteiger partial charge < -0.3 is 4.90 Å². The fourth-order valence-electron chi connectivity index (χ4n) is 4.27. The molecule has 1 atom stereocenters. The van der Waals surface area contributed by atoms with E-state index in [2.05, 4.69) is 34.7 Å². The molecule has 3 heterocycles. The molecular weight excluding hydrogens is 324 g/mol. The first kappa shape index (κ1) is 19.3. The fraction of sp³-hybridized carbons (Fsp3) is 0.714. The molecule has 2 aliphatic heterocycles. The van der Waals surface area contributed by atoms with Crippen molar-refractivity contribution in [3.05, 3.63) is 30.1 Å². The Kier molecular flexibility index (Phi) is 6.65. The van der Waals surface area contributed by atoms with Gasteiger partial charge in [0.2, 0.25) is 5.91 Å². The molecule has 0 saturated carbocycles. The van der Waals surface area contributed by atoms with Gasteiger partial charge in [-0.1, -0.05) is 6.07 Å². The molecule has 0 aliphatic carbocycles. The molecule has 26 heavy (non-hydrogen) atoms. The average Bonchev–Trinajstić information content (AvgIpc) is 2.68. The van der Waals surface area contributed by atoms with Crippen LogP contribution in [0.4, 0.5) is 0 Å². The Labute approximate surface area is 158 Å². The van der Waals surface area contributed by atoms with Gasteiger partial charge in [-0.3, -0.25) is 19.6 Å². The van der Waals surface area contributed by atoms with Crippen molar-refractivity contribution in [1.82, 2.24) is 19.7 Å². The maximum Gasteiger partial charge on any atom is 0.226 e. The summed E-state index contributed by atoms with van der Waals surface area (Å²) in [5.74, 6) is 0.517. The van der Waals surface area contributed by atoms with Gasteiger partial charge in [0, 0.05) is 44.6 Å². The number of carbonyl (C=O) groups is 1. The number of nitrogens with zero attached hydrogens (tertiary/aromatic N) is 4. The summed E-state index contributed by atoms with van der Waals surface area (Å²) in [4.78, 5) is 24.0. The zero-order valence-electron chi connectivity index (χ0n) is 16.6. The molecule has 0 spiro atoms. The Balaban J connectivity index is 1.49. The highest BCUT2D eigenvalue weighted by atomic mass is 16.2. The lowest BCUT2D eigenvalue weighted by molar-refractivity contribution is -0.138. The van der Waals surface area contributed by atoms with Crippen LogP contribution in [0.3, 0.4) is 0 Å². The van der Waals surface area contributed by atoms with Crippen molar-refractivity contribution in [3.63, 3.8) is 0 Å². The van der Waals surface area contributed by atoms with E-state index in [9.17, 15) is 4.79 Å². The Morgan fingerprint density at radius 1 is 1.27 bits per heavy atom. The topological polar surface area (TPSA) is 39.7 Å². The molecule has 2 saturated heterocycles. The van der Waals surface area contributed by atoms with E-state index in [-0.39, 0.29) is 12.0 Å². The second-order valence-corrected chi connectivity index (χ2v) is 8.25. The van der Waals surface area contributed by atoms with Gasteiger partial charge in [-0.05, 0) is 70.8 Å². The number of pyridine rings is 1. The summed E-state index contributed by atoms with van der Waals surface area (Å²) in [6.07, 6.45) is 8.42. The van der Waals surface area contributed by atoms with Crippen LogP contribution in [0.2, 0.25) is 0 Å². The number of likely N-dealkylation sites (tertiary alicyclic amines) is 2. The molecule has 3 rings (SSSR count). The quantitative estimate of drug-likeness (QED) is 0.811. The van der Waals surface area contributed by atoms with E-state index in [0.29, 0.717) is 11.9 Å². The molecule has 0 bridgehead atoms. The van der Waals surface area contributed by atoms with Gasteiger partial charge in [0.15, 0.2) is 0 Å². The molecule has 144 valence electrons. The van der Waals surface area contributed by atoms with Gasteiger partial charge in [0.1, 0.15) is 0 Å². The average molecular weight is 359 g/mol. The fourth-order valence-corrected chi connectivity index (χ4v) is 4.27. The molecule has 0 N–H and O–H groups in total. The largest absolute Gasteiger partial charge is 0.343 e. The van der Waals surface area contributed by atoms with Gasteiger partial charge in [-0.15, -0.1) is 0 Å². The number of piperidine rings is 2. The third-order valence-electron chi connectivity index (χ3n) is 6.13. The van der Waals surface area contributed by atoms with E-state index < -0.39 is 0 Å². The van der Waals surface area contributed by atoms with E-state index in [0.717, 1.165) is 45.6 Å². The lowest BCUT2D eigenvalue weighted by Crippen LogP contribution is -2.51. The zero-order valence-corrected chi connectivity index (χ0v) is 16.6. The summed E-state index contributed by atoms with van der Waals surface area (Å²) >= 11 is 0. The van der Waals surface area contributed by atoms with Gasteiger partial charge in [-0.2, -0.15) is 0 Å². The van der Waals surface area contributed by atoms with Crippen molar-refractivity contribution >= 4 is 5.91 Å². The summed E-state index contributed by atoms with van der Waals surface area (Å²) in [6.45, 7) is 9.57. The Hall–Kier alpha value is -1.46. The van der Waals surface area contributed by atoms with E-state index in [1.807, 2.05) is 30.4 Å². The molecule has 0 aromatic carbocycles. The highest BCUT2D eigenvalue weighted by Crippen LogP contribution is 2.25. The summed E-state index contributed by atoms with van der Waals surface area (Å²) in [5.41, 5.74) is 1.30. The number of amides is 1. The first-order valence-electron chi connectivity index (χ1n) is 10.2. The molecule has 0 unspecified atom stereocenters. The number of carbonyl (C=O) groups excluding carboxylic acids is 1. The van der Waals surface area contributed by atoms with Crippen LogP contribution in [0.25, 0.3) is 0 Å². The van der Waals surface area contributed by atoms with Gasteiger partial charge in [0.25, 0.3) is 0 Å². The lowest BCUT2D eigenvalue weighted by atomic mass is 9.92. The molecule has 5 heteroatoms. The normalized spacial score (nSPS) is 23.3. The van der Waals surface area contributed by atoms with Crippen LogP contribution in [-0.4, -0.2) is 70.9 Å². The molecular formula is C21H34N4O. The molecule has 1 aromatic rings. The monoisotopic (exact) mass is 358 g/mol. The molecule has 2 fully saturated rings. The number of rotatable bonds is 5. The maximum atomic E-state index is 12.7. The Morgan fingerprint density at radius 3 is 2.69 bits per heavy atom. The van der Waals surface area contributed by atoms with Crippen molar-refractivity contribution < 1.29 is 4.79 Å². The smallest absolute Gasteiger partial charge is 0.226 e. The van der Waals surface area contributed by atoms with Crippen molar-refractivity contribution in [3.8, 4) is 0 Å². The van der Waals surface area contributed by atoms with Crippen LogP contribution < -0.4 is 0 Å². The maximum absolute atomic E-state index is 12.7. The molecule has 0 radical (unpaired) electrons.